The molecule has 188 valence electrons. The summed E-state index contributed by atoms with van der Waals surface area (Å²) in [5, 5.41) is 15.9. The van der Waals surface area contributed by atoms with E-state index in [2.05, 4.69) is 20.4 Å². The molecule has 1 aliphatic heterocycles. The number of halogens is 4. The Hall–Kier alpha value is -4.35. The molecule has 1 saturated heterocycles. The van der Waals surface area contributed by atoms with Crippen LogP contribution in [-0.2, 0) is 13.0 Å². The van der Waals surface area contributed by atoms with E-state index in [4.69, 9.17) is 0 Å². The molecule has 0 aliphatic carbocycles. The van der Waals surface area contributed by atoms with Gasteiger partial charge in [0, 0.05) is 43.4 Å². The normalized spacial score (nSPS) is 14.2. The molecule has 2 aromatic carbocycles. The second-order valence-corrected chi connectivity index (χ2v) is 8.97. The molecule has 0 radical (unpaired) electrons. The molecule has 0 bridgehead atoms. The van der Waals surface area contributed by atoms with Crippen molar-refractivity contribution in [2.24, 2.45) is 7.05 Å². The minimum atomic E-state index is -3.89. The summed E-state index contributed by atoms with van der Waals surface area (Å²) in [4.78, 5) is 14.2. The molecule has 1 amide bonds. The van der Waals surface area contributed by atoms with Crippen molar-refractivity contribution in [1.29, 1.82) is 0 Å². The van der Waals surface area contributed by atoms with E-state index in [0.717, 1.165) is 35.6 Å². The maximum Gasteiger partial charge on any atom is 0.336 e. The van der Waals surface area contributed by atoms with Crippen molar-refractivity contribution >= 4 is 22.5 Å². The Labute approximate surface area is 207 Å². The fourth-order valence-corrected chi connectivity index (χ4v) is 4.61. The van der Waals surface area contributed by atoms with E-state index in [9.17, 15) is 13.6 Å². The zero-order valence-electron chi connectivity index (χ0n) is 19.5. The molecule has 0 N–H and O–H groups in total. The van der Waals surface area contributed by atoms with Gasteiger partial charge >= 0.3 is 5.92 Å². The van der Waals surface area contributed by atoms with Crippen LogP contribution in [-0.4, -0.2) is 53.5 Å². The summed E-state index contributed by atoms with van der Waals surface area (Å²) in [5.41, 5.74) is -0.313. The van der Waals surface area contributed by atoms with Crippen LogP contribution in [0.15, 0.2) is 48.7 Å². The highest BCUT2D eigenvalue weighted by Crippen LogP contribution is 2.38. The fourth-order valence-electron chi connectivity index (χ4n) is 4.61. The van der Waals surface area contributed by atoms with Gasteiger partial charge in [-0.15, -0.1) is 10.2 Å². The Morgan fingerprint density at radius 1 is 0.946 bits per heavy atom. The fraction of sp³-hybridized carbons (Fsp3) is 0.240. The predicted molar refractivity (Wildman–Crippen MR) is 125 cm³/mol. The van der Waals surface area contributed by atoms with Gasteiger partial charge in [-0.2, -0.15) is 23.5 Å². The number of hydrogen-bond donors (Lipinski definition) is 0. The maximum absolute atomic E-state index is 15.6. The number of amides is 1. The van der Waals surface area contributed by atoms with Crippen molar-refractivity contribution in [3.05, 3.63) is 77.2 Å². The Morgan fingerprint density at radius 2 is 1.73 bits per heavy atom. The molecule has 3 aromatic heterocycles. The lowest BCUT2D eigenvalue weighted by Crippen LogP contribution is -2.28. The molecular formula is C25H19F4N7O. The van der Waals surface area contributed by atoms with E-state index in [1.165, 1.54) is 35.1 Å². The number of hydrogen-bond acceptors (Lipinski definition) is 5. The highest BCUT2D eigenvalue weighted by atomic mass is 19.3. The number of carbonyl (C=O) groups is 1. The average molecular weight is 509 g/mol. The monoisotopic (exact) mass is 509 g/mol. The van der Waals surface area contributed by atoms with E-state index < -0.39 is 34.9 Å². The zero-order chi connectivity index (χ0) is 25.9. The summed E-state index contributed by atoms with van der Waals surface area (Å²) in [6.07, 6.45) is 3.25. The van der Waals surface area contributed by atoms with Crippen molar-refractivity contribution in [2.75, 3.05) is 13.1 Å². The quantitative estimate of drug-likeness (QED) is 0.337. The number of alkyl halides is 2. The minimum Gasteiger partial charge on any atom is -0.339 e. The molecule has 5 aromatic rings. The van der Waals surface area contributed by atoms with Crippen molar-refractivity contribution in [1.82, 2.24) is 34.5 Å². The number of aryl methyl sites for hydroxylation is 1. The minimum absolute atomic E-state index is 0.00240. The summed E-state index contributed by atoms with van der Waals surface area (Å²) < 4.78 is 63.0. The van der Waals surface area contributed by atoms with Gasteiger partial charge in [0.1, 0.15) is 11.6 Å². The van der Waals surface area contributed by atoms with Gasteiger partial charge in [-0.05, 0) is 43.2 Å². The highest BCUT2D eigenvalue weighted by Gasteiger charge is 2.42. The molecule has 12 heteroatoms. The summed E-state index contributed by atoms with van der Waals surface area (Å²) in [5.74, 6) is -7.07. The predicted octanol–water partition coefficient (Wildman–Crippen LogP) is 4.33. The number of aromatic nitrogens is 6. The van der Waals surface area contributed by atoms with Crippen LogP contribution in [0, 0.1) is 11.6 Å². The topological polar surface area (TPSA) is 81.2 Å². The van der Waals surface area contributed by atoms with E-state index >= 15 is 8.78 Å². The smallest absolute Gasteiger partial charge is 0.336 e. The van der Waals surface area contributed by atoms with Crippen molar-refractivity contribution < 1.29 is 22.4 Å². The van der Waals surface area contributed by atoms with Crippen LogP contribution in [0.3, 0.4) is 0 Å². The van der Waals surface area contributed by atoms with Gasteiger partial charge < -0.3 is 4.90 Å². The highest BCUT2D eigenvalue weighted by molar-refractivity contribution is 5.95. The summed E-state index contributed by atoms with van der Waals surface area (Å²) in [6, 6.07) is 8.83. The van der Waals surface area contributed by atoms with Gasteiger partial charge in [-0.3, -0.25) is 9.48 Å². The Morgan fingerprint density at radius 3 is 2.49 bits per heavy atom. The standard InChI is InChI=1S/C25H19F4N7O/c1-34-13-15-10-17(19(27)12-21(15)32-34)25(28,29)24-31-30-22-7-6-20(33-36(22)24)14-4-5-16(18(26)11-14)23(37)35-8-2-3-9-35/h4-7,10-13H,2-3,8-9H2,1H3. The third kappa shape index (κ3) is 3.79. The largest absolute Gasteiger partial charge is 0.339 e. The first-order valence-electron chi connectivity index (χ1n) is 11.6. The molecule has 8 nitrogen and oxygen atoms in total. The van der Waals surface area contributed by atoms with Crippen LogP contribution in [0.5, 0.6) is 0 Å². The van der Waals surface area contributed by atoms with Crippen LogP contribution >= 0.6 is 0 Å². The Bertz CT molecular complexity index is 1690. The zero-order valence-corrected chi connectivity index (χ0v) is 19.5. The van der Waals surface area contributed by atoms with Crippen LogP contribution < -0.4 is 0 Å². The van der Waals surface area contributed by atoms with E-state index in [0.29, 0.717) is 18.5 Å². The number of benzene rings is 2. The van der Waals surface area contributed by atoms with Crippen molar-refractivity contribution in [3.63, 3.8) is 0 Å². The van der Waals surface area contributed by atoms with Crippen LogP contribution in [0.2, 0.25) is 0 Å². The molecule has 0 unspecified atom stereocenters. The Balaban J connectivity index is 1.39. The summed E-state index contributed by atoms with van der Waals surface area (Å²) >= 11 is 0. The van der Waals surface area contributed by atoms with E-state index in [1.807, 2.05) is 0 Å². The lowest BCUT2D eigenvalue weighted by atomic mass is 10.0. The third-order valence-electron chi connectivity index (χ3n) is 6.48. The van der Waals surface area contributed by atoms with Gasteiger partial charge in [0.25, 0.3) is 5.91 Å². The van der Waals surface area contributed by atoms with Crippen molar-refractivity contribution in [2.45, 2.75) is 18.8 Å². The van der Waals surface area contributed by atoms with E-state index in [1.54, 1.807) is 11.9 Å². The first-order chi connectivity index (χ1) is 17.7. The average Bonchev–Trinajstić information content (AvgIpc) is 3.61. The SMILES string of the molecule is Cn1cc2cc(C(F)(F)c3nnc4ccc(-c5ccc(C(=O)N6CCCC6)c(F)c5)nn34)c(F)cc2n1. The first-order valence-corrected chi connectivity index (χ1v) is 11.6. The second kappa shape index (κ2) is 8.36. The van der Waals surface area contributed by atoms with Gasteiger partial charge in [0.05, 0.1) is 22.3 Å². The summed E-state index contributed by atoms with van der Waals surface area (Å²) in [6.45, 7) is 1.16. The molecule has 37 heavy (non-hydrogen) atoms. The lowest BCUT2D eigenvalue weighted by molar-refractivity contribution is 0.0270. The third-order valence-corrected chi connectivity index (χ3v) is 6.48. The van der Waals surface area contributed by atoms with Crippen LogP contribution in [0.25, 0.3) is 27.8 Å². The molecule has 0 saturated carbocycles. The molecule has 0 spiro atoms. The van der Waals surface area contributed by atoms with Crippen molar-refractivity contribution in [3.8, 4) is 11.3 Å². The van der Waals surface area contributed by atoms with Gasteiger partial charge in [0.15, 0.2) is 5.65 Å². The number of carbonyl (C=O) groups excluding carboxylic acids is 1. The van der Waals surface area contributed by atoms with Gasteiger partial charge in [-0.1, -0.05) is 6.07 Å². The van der Waals surface area contributed by atoms with E-state index in [-0.39, 0.29) is 28.0 Å². The number of rotatable bonds is 4. The summed E-state index contributed by atoms with van der Waals surface area (Å²) in [7, 11) is 1.60. The molecular weight excluding hydrogens is 490 g/mol. The molecule has 1 fully saturated rings. The number of likely N-dealkylation sites (tertiary alicyclic amines) is 1. The molecule has 4 heterocycles. The molecule has 6 rings (SSSR count). The van der Waals surface area contributed by atoms with Gasteiger partial charge in [0.2, 0.25) is 5.82 Å². The number of fused-ring (bicyclic) bond motifs is 2. The van der Waals surface area contributed by atoms with Crippen LogP contribution in [0.4, 0.5) is 17.6 Å². The molecule has 0 atom stereocenters. The van der Waals surface area contributed by atoms with Crippen LogP contribution in [0.1, 0.15) is 34.6 Å². The Kier molecular flexibility index (Phi) is 5.21. The maximum atomic E-state index is 15.6. The van der Waals surface area contributed by atoms with Gasteiger partial charge in [-0.25, -0.2) is 8.78 Å². The first kappa shape index (κ1) is 23.1. The number of nitrogens with zero attached hydrogens (tertiary/aromatic N) is 7. The molecule has 1 aliphatic rings. The second-order valence-electron chi connectivity index (χ2n) is 8.97. The lowest BCUT2D eigenvalue weighted by Gasteiger charge is -2.16.